The summed E-state index contributed by atoms with van der Waals surface area (Å²) in [4.78, 5) is 17.8. The second-order valence-corrected chi connectivity index (χ2v) is 2.32. The summed E-state index contributed by atoms with van der Waals surface area (Å²) in [5.41, 5.74) is 1.76. The van der Waals surface area contributed by atoms with Gasteiger partial charge < -0.3 is 10.3 Å². The molecule has 0 aliphatic rings. The maximum absolute atomic E-state index is 10.9. The van der Waals surface area contributed by atoms with E-state index in [0.717, 1.165) is 11.4 Å². The first-order valence-corrected chi connectivity index (χ1v) is 3.43. The molecule has 0 bridgehead atoms. The van der Waals surface area contributed by atoms with Crippen LogP contribution in [-0.4, -0.2) is 22.9 Å². The average Bonchev–Trinajstić information content (AvgIpc) is 2.37. The predicted molar refractivity (Wildman–Crippen MR) is 41.1 cm³/mol. The number of H-pyrrole nitrogens is 1. The lowest BCUT2D eigenvalue weighted by Crippen LogP contribution is -2.20. The summed E-state index contributed by atoms with van der Waals surface area (Å²) in [5, 5.41) is 2.54. The first kappa shape index (κ1) is 7.78. The zero-order chi connectivity index (χ0) is 8.27. The predicted octanol–water partition coefficient (Wildman–Crippen LogP) is 0.00662. The molecule has 1 rings (SSSR count). The van der Waals surface area contributed by atoms with Gasteiger partial charge in [-0.25, -0.2) is 4.98 Å². The van der Waals surface area contributed by atoms with Gasteiger partial charge in [-0.15, -0.1) is 0 Å². The summed E-state index contributed by atoms with van der Waals surface area (Å²) in [5.74, 6) is -0.0137. The Morgan fingerprint density at radius 1 is 1.82 bits per heavy atom. The maximum Gasteiger partial charge on any atom is 0.225 e. The number of aromatic amines is 1. The number of nitrogens with zero attached hydrogens (tertiary/aromatic N) is 1. The smallest absolute Gasteiger partial charge is 0.225 e. The number of amides is 1. The van der Waals surface area contributed by atoms with Crippen molar-refractivity contribution in [3.63, 3.8) is 0 Å². The molecule has 0 saturated heterocycles. The first-order chi connectivity index (χ1) is 5.24. The molecule has 1 aromatic rings. The van der Waals surface area contributed by atoms with Gasteiger partial charge in [0.05, 0.1) is 18.4 Å². The zero-order valence-electron chi connectivity index (χ0n) is 6.64. The summed E-state index contributed by atoms with van der Waals surface area (Å²) < 4.78 is 0. The molecule has 2 N–H and O–H groups in total. The Bertz CT molecular complexity index is 254. The highest BCUT2D eigenvalue weighted by molar-refractivity contribution is 5.77. The van der Waals surface area contributed by atoms with Crippen molar-refractivity contribution in [2.75, 3.05) is 7.05 Å². The number of nitrogens with one attached hydrogen (secondary N) is 2. The molecule has 1 amide bonds. The molecule has 0 saturated carbocycles. The maximum atomic E-state index is 10.9. The van der Waals surface area contributed by atoms with Crippen molar-refractivity contribution in [2.45, 2.75) is 13.3 Å². The van der Waals surface area contributed by atoms with Crippen molar-refractivity contribution >= 4 is 5.91 Å². The molecule has 11 heavy (non-hydrogen) atoms. The molecule has 4 heteroatoms. The molecule has 0 atom stereocenters. The minimum Gasteiger partial charge on any atom is -0.359 e. The SMILES string of the molecule is CNC(=O)Cc1nc[nH]c1C. The zero-order valence-corrected chi connectivity index (χ0v) is 6.64. The van der Waals surface area contributed by atoms with Crippen LogP contribution in [0.15, 0.2) is 6.33 Å². The topological polar surface area (TPSA) is 57.8 Å². The standard InChI is InChI=1S/C7H11N3O/c1-5-6(10-4-9-5)3-7(11)8-2/h4H,3H2,1-2H3,(H,8,11)(H,9,10). The van der Waals surface area contributed by atoms with Crippen LogP contribution in [0.5, 0.6) is 0 Å². The summed E-state index contributed by atoms with van der Waals surface area (Å²) in [6, 6.07) is 0. The largest absolute Gasteiger partial charge is 0.359 e. The van der Waals surface area contributed by atoms with E-state index in [0.29, 0.717) is 6.42 Å². The fraction of sp³-hybridized carbons (Fsp3) is 0.429. The van der Waals surface area contributed by atoms with E-state index >= 15 is 0 Å². The Hall–Kier alpha value is -1.32. The summed E-state index contributed by atoms with van der Waals surface area (Å²) >= 11 is 0. The van der Waals surface area contributed by atoms with Crippen LogP contribution in [0.25, 0.3) is 0 Å². The number of hydrogen-bond donors (Lipinski definition) is 2. The summed E-state index contributed by atoms with van der Waals surface area (Å²) in [6.07, 6.45) is 1.94. The van der Waals surface area contributed by atoms with E-state index in [9.17, 15) is 4.79 Å². The lowest BCUT2D eigenvalue weighted by molar-refractivity contribution is -0.120. The fourth-order valence-electron chi connectivity index (χ4n) is 0.806. The number of hydrogen-bond acceptors (Lipinski definition) is 2. The van der Waals surface area contributed by atoms with Gasteiger partial charge in [-0.1, -0.05) is 0 Å². The van der Waals surface area contributed by atoms with Crippen LogP contribution < -0.4 is 5.32 Å². The molecule has 1 heterocycles. The van der Waals surface area contributed by atoms with Crippen LogP contribution in [0.2, 0.25) is 0 Å². The Morgan fingerprint density at radius 3 is 3.00 bits per heavy atom. The van der Waals surface area contributed by atoms with Gasteiger partial charge in [-0.3, -0.25) is 4.79 Å². The van der Waals surface area contributed by atoms with E-state index in [1.807, 2.05) is 6.92 Å². The Balaban J connectivity index is 2.64. The highest BCUT2D eigenvalue weighted by Crippen LogP contribution is 2.00. The van der Waals surface area contributed by atoms with Crippen LogP contribution in [-0.2, 0) is 11.2 Å². The van der Waals surface area contributed by atoms with Crippen molar-refractivity contribution in [3.8, 4) is 0 Å². The lowest BCUT2D eigenvalue weighted by Gasteiger charge is -1.96. The number of carbonyl (C=O) groups is 1. The van der Waals surface area contributed by atoms with E-state index in [4.69, 9.17) is 0 Å². The van der Waals surface area contributed by atoms with Crippen LogP contribution in [0.1, 0.15) is 11.4 Å². The first-order valence-electron chi connectivity index (χ1n) is 3.43. The molecule has 0 spiro atoms. The molecule has 4 nitrogen and oxygen atoms in total. The van der Waals surface area contributed by atoms with Gasteiger partial charge >= 0.3 is 0 Å². The monoisotopic (exact) mass is 153 g/mol. The van der Waals surface area contributed by atoms with Gasteiger partial charge in [0.15, 0.2) is 0 Å². The van der Waals surface area contributed by atoms with Crippen molar-refractivity contribution in [2.24, 2.45) is 0 Å². The molecule has 60 valence electrons. The number of carbonyl (C=O) groups excluding carboxylic acids is 1. The summed E-state index contributed by atoms with van der Waals surface area (Å²) in [7, 11) is 1.62. The molecule has 0 aromatic carbocycles. The Morgan fingerprint density at radius 2 is 2.55 bits per heavy atom. The number of likely N-dealkylation sites (N-methyl/N-ethyl adjacent to an activating group) is 1. The highest BCUT2D eigenvalue weighted by Gasteiger charge is 2.04. The second kappa shape index (κ2) is 3.18. The summed E-state index contributed by atoms with van der Waals surface area (Å²) in [6.45, 7) is 1.89. The molecule has 0 unspecified atom stereocenters. The second-order valence-electron chi connectivity index (χ2n) is 2.32. The normalized spacial score (nSPS) is 9.64. The van der Waals surface area contributed by atoms with E-state index in [1.165, 1.54) is 0 Å². The number of imidazole rings is 1. The molecular weight excluding hydrogens is 142 g/mol. The third-order valence-corrected chi connectivity index (χ3v) is 1.54. The van der Waals surface area contributed by atoms with Gasteiger partial charge in [0.1, 0.15) is 0 Å². The molecule has 1 aromatic heterocycles. The van der Waals surface area contributed by atoms with Gasteiger partial charge in [0, 0.05) is 12.7 Å². The lowest BCUT2D eigenvalue weighted by atomic mass is 10.2. The Labute approximate surface area is 65.0 Å². The fourth-order valence-corrected chi connectivity index (χ4v) is 0.806. The number of rotatable bonds is 2. The molecule has 0 fully saturated rings. The van der Waals surface area contributed by atoms with Crippen molar-refractivity contribution in [3.05, 3.63) is 17.7 Å². The molecule has 0 aliphatic heterocycles. The third-order valence-electron chi connectivity index (χ3n) is 1.54. The van der Waals surface area contributed by atoms with Crippen LogP contribution in [0.4, 0.5) is 0 Å². The molecule has 0 aliphatic carbocycles. The van der Waals surface area contributed by atoms with Gasteiger partial charge in [-0.05, 0) is 6.92 Å². The van der Waals surface area contributed by atoms with Gasteiger partial charge in [0.2, 0.25) is 5.91 Å². The van der Waals surface area contributed by atoms with E-state index in [1.54, 1.807) is 13.4 Å². The third kappa shape index (κ3) is 1.80. The molecular formula is C7H11N3O. The minimum absolute atomic E-state index is 0.0137. The minimum atomic E-state index is -0.0137. The van der Waals surface area contributed by atoms with E-state index in [2.05, 4.69) is 15.3 Å². The van der Waals surface area contributed by atoms with Gasteiger partial charge in [-0.2, -0.15) is 0 Å². The molecule has 0 radical (unpaired) electrons. The highest BCUT2D eigenvalue weighted by atomic mass is 16.1. The quantitative estimate of drug-likeness (QED) is 0.628. The van der Waals surface area contributed by atoms with Gasteiger partial charge in [0.25, 0.3) is 0 Å². The average molecular weight is 153 g/mol. The van der Waals surface area contributed by atoms with Crippen LogP contribution in [0.3, 0.4) is 0 Å². The van der Waals surface area contributed by atoms with Crippen molar-refractivity contribution in [1.82, 2.24) is 15.3 Å². The van der Waals surface area contributed by atoms with Crippen molar-refractivity contribution < 1.29 is 4.79 Å². The number of aryl methyl sites for hydroxylation is 1. The van der Waals surface area contributed by atoms with E-state index in [-0.39, 0.29) is 5.91 Å². The van der Waals surface area contributed by atoms with Crippen LogP contribution in [0, 0.1) is 6.92 Å². The van der Waals surface area contributed by atoms with Crippen molar-refractivity contribution in [1.29, 1.82) is 0 Å². The number of aromatic nitrogens is 2. The van der Waals surface area contributed by atoms with Crippen LogP contribution >= 0.6 is 0 Å². The Kier molecular flexibility index (Phi) is 2.25. The van der Waals surface area contributed by atoms with E-state index < -0.39 is 0 Å².